The number of hydrogen-bond acceptors (Lipinski definition) is 8. The van der Waals surface area contributed by atoms with Gasteiger partial charge in [0.2, 0.25) is 29.7 Å². The number of nitrogens with two attached hydrogens (primary N) is 1. The predicted octanol–water partition coefficient (Wildman–Crippen LogP) is 17.3. The predicted molar refractivity (Wildman–Crippen MR) is 416 cm³/mol. The zero-order valence-corrected chi connectivity index (χ0v) is 61.1. The molecule has 12 rings (SSSR count). The first-order valence-corrected chi connectivity index (χ1v) is 40.7. The number of halogens is 5. The van der Waals surface area contributed by atoms with Gasteiger partial charge < -0.3 is 40.7 Å². The fourth-order valence-corrected chi connectivity index (χ4v) is 13.8. The summed E-state index contributed by atoms with van der Waals surface area (Å²) in [6.07, 6.45) is 19.7. The normalized spacial score (nSPS) is 18.5. The largest absolute Gasteiger partial charge is 0.356 e. The Morgan fingerprint density at radius 1 is 0.500 bits per heavy atom. The zero-order valence-electron chi connectivity index (χ0n) is 58.4. The molecule has 6 heterocycles. The van der Waals surface area contributed by atoms with E-state index in [-0.39, 0.29) is 137 Å². The summed E-state index contributed by atoms with van der Waals surface area (Å²) in [7, 11) is -0.611. The molecule has 6 aliphatic rings. The number of nitrogens with one attached hydrogen (secondary N) is 1. The van der Waals surface area contributed by atoms with Gasteiger partial charge in [0, 0.05) is 95.1 Å². The van der Waals surface area contributed by atoms with Gasteiger partial charge in [0.15, 0.2) is 0 Å². The van der Waals surface area contributed by atoms with Gasteiger partial charge in [0.1, 0.15) is 35.5 Å². The molecule has 0 radical (unpaired) electrons. The Bertz CT molecular complexity index is 3650. The molecule has 6 amide bonds. The van der Waals surface area contributed by atoms with Crippen LogP contribution in [0.4, 0.5) is 50.4 Å². The van der Waals surface area contributed by atoms with Crippen molar-refractivity contribution in [2.45, 2.75) is 181 Å². The Kier molecular flexibility index (Phi) is 40.7. The number of rotatable bonds is 8. The number of carbonyl (C=O) groups is 6. The van der Waals surface area contributed by atoms with Gasteiger partial charge in [-0.05, 0) is 161 Å². The van der Waals surface area contributed by atoms with Crippen molar-refractivity contribution in [3.63, 3.8) is 0 Å². The van der Waals surface area contributed by atoms with Crippen molar-refractivity contribution >= 4 is 97.2 Å². The summed E-state index contributed by atoms with van der Waals surface area (Å²) in [6, 6.07) is 40.1. The number of carbonyl (C=O) groups excluding carboxylic acids is 6. The van der Waals surface area contributed by atoms with E-state index in [1.165, 1.54) is 71.5 Å². The minimum absolute atomic E-state index is 0. The first kappa shape index (κ1) is 89.2. The molecule has 5 saturated heterocycles. The van der Waals surface area contributed by atoms with Gasteiger partial charge >= 0.3 is 136 Å². The van der Waals surface area contributed by atoms with E-state index in [0.717, 1.165) is 127 Å². The first-order valence-electron chi connectivity index (χ1n) is 34.8. The number of oxime groups is 1. The van der Waals surface area contributed by atoms with Crippen molar-refractivity contribution in [2.24, 2.45) is 16.8 Å². The number of allylic oxidation sites excluding steroid dienone is 1. The molecule has 4 N–H and O–H groups in total. The Labute approximate surface area is 621 Å². The second kappa shape index (κ2) is 47.4. The molecular formula is C81H108F5N9O7SeSi. The summed E-state index contributed by atoms with van der Waals surface area (Å²) in [5.74, 6) is -1.20. The third kappa shape index (κ3) is 32.0. The SMILES string of the molecule is C.C.C.C[Si](C)(C)C.N/C(=N\O)C1CCCN(c2ccc(F)cc2)C(=O)C1.O=C1C([Se]c2ccccc2)CCCCN1c1ccc(F)cc1.O=C1C=CCCCN1c1ccc(F)cc1.O=C1CCCCCN1.O=C1CCCCCN1c1ccc(F)cc1.[C-]#[N+]C1CCCN(c2ccc(F)cc2)C(=O)C1. The molecule has 3 unspecified atom stereocenters. The van der Waals surface area contributed by atoms with Crippen LogP contribution in [-0.2, 0) is 28.8 Å². The van der Waals surface area contributed by atoms with E-state index in [2.05, 4.69) is 53.6 Å². The number of amides is 6. The van der Waals surface area contributed by atoms with Crippen molar-refractivity contribution in [1.29, 1.82) is 0 Å². The monoisotopic (exact) mass is 1520 g/mol. The van der Waals surface area contributed by atoms with Crippen molar-refractivity contribution in [3.8, 4) is 0 Å². The van der Waals surface area contributed by atoms with E-state index < -0.39 is 8.07 Å². The number of amidine groups is 1. The molecule has 104 heavy (non-hydrogen) atoms. The van der Waals surface area contributed by atoms with Crippen molar-refractivity contribution in [1.82, 2.24) is 5.32 Å². The molecule has 0 aliphatic carbocycles. The van der Waals surface area contributed by atoms with Gasteiger partial charge in [-0.3, -0.25) is 24.0 Å². The maximum Gasteiger partial charge on any atom is 0.250 e. The molecule has 23 heteroatoms. The molecule has 6 aromatic rings. The molecule has 564 valence electrons. The van der Waals surface area contributed by atoms with Crippen LogP contribution in [0.1, 0.15) is 144 Å². The number of anilines is 5. The number of hydrogen-bond donors (Lipinski definition) is 3. The zero-order chi connectivity index (χ0) is 73.1. The van der Waals surface area contributed by atoms with Gasteiger partial charge in [0.05, 0.1) is 0 Å². The number of nitrogens with zero attached hydrogens (tertiary/aromatic N) is 7. The Balaban J connectivity index is 0.000000323. The van der Waals surface area contributed by atoms with Gasteiger partial charge in [-0.15, -0.1) is 0 Å². The quantitative estimate of drug-likeness (QED) is 0.0255. The third-order valence-electron chi connectivity index (χ3n) is 16.6. The van der Waals surface area contributed by atoms with E-state index in [1.54, 1.807) is 86.3 Å². The molecule has 3 atom stereocenters. The maximum atomic E-state index is 13.1. The van der Waals surface area contributed by atoms with Crippen LogP contribution in [0.3, 0.4) is 0 Å². The topological polar surface area (TPSA) is 194 Å². The van der Waals surface area contributed by atoms with Crippen molar-refractivity contribution < 1.29 is 55.9 Å². The van der Waals surface area contributed by atoms with Gasteiger partial charge in [-0.2, -0.15) is 0 Å². The molecule has 0 bridgehead atoms. The molecule has 6 aliphatic heterocycles. The average molecular weight is 1520 g/mol. The minimum Gasteiger partial charge on any atom is -0.356 e. The smallest absolute Gasteiger partial charge is 0.250 e. The van der Waals surface area contributed by atoms with Crippen LogP contribution in [0.15, 0.2) is 169 Å². The molecule has 0 saturated carbocycles. The average Bonchev–Trinajstić information content (AvgIpc) is 1.46. The van der Waals surface area contributed by atoms with Crippen molar-refractivity contribution in [3.05, 3.63) is 204 Å². The van der Waals surface area contributed by atoms with Crippen LogP contribution >= 0.6 is 0 Å². The van der Waals surface area contributed by atoms with Crippen molar-refractivity contribution in [2.75, 3.05) is 63.8 Å². The van der Waals surface area contributed by atoms with E-state index in [9.17, 15) is 50.7 Å². The van der Waals surface area contributed by atoms with Crippen LogP contribution in [-0.4, -0.2) is 115 Å². The summed E-state index contributed by atoms with van der Waals surface area (Å²) < 4.78 is 65.5. The summed E-state index contributed by atoms with van der Waals surface area (Å²) in [4.78, 5) is 83.0. The van der Waals surface area contributed by atoms with Crippen LogP contribution < -0.4 is 40.0 Å². The van der Waals surface area contributed by atoms with Gasteiger partial charge in [0.25, 0.3) is 5.91 Å². The van der Waals surface area contributed by atoms with E-state index in [1.807, 2.05) is 29.2 Å². The summed E-state index contributed by atoms with van der Waals surface area (Å²) in [5.41, 5.74) is 9.32. The van der Waals surface area contributed by atoms with E-state index >= 15 is 0 Å². The third-order valence-corrected chi connectivity index (χ3v) is 19.3. The fourth-order valence-electron chi connectivity index (χ4n) is 11.4. The summed E-state index contributed by atoms with van der Waals surface area (Å²) in [6.45, 7) is 20.5. The Morgan fingerprint density at radius 2 is 0.913 bits per heavy atom. The molecular weight excluding hydrogens is 1410 g/mol. The van der Waals surface area contributed by atoms with Gasteiger partial charge in [-0.1, -0.05) is 72.5 Å². The van der Waals surface area contributed by atoms with Crippen LogP contribution in [0, 0.1) is 41.6 Å². The molecule has 5 fully saturated rings. The second-order valence-corrected chi connectivity index (χ2v) is 35.3. The van der Waals surface area contributed by atoms with Crippen LogP contribution in [0.5, 0.6) is 0 Å². The summed E-state index contributed by atoms with van der Waals surface area (Å²) in [5, 5.41) is 14.5. The minimum atomic E-state index is -0.611. The molecule has 0 spiro atoms. The van der Waals surface area contributed by atoms with Crippen LogP contribution in [0.2, 0.25) is 31.0 Å². The fraction of sp³-hybridized carbons (Fsp3) is 0.432. The number of benzene rings is 6. The Morgan fingerprint density at radius 3 is 1.41 bits per heavy atom. The van der Waals surface area contributed by atoms with Crippen LogP contribution in [0.25, 0.3) is 4.85 Å². The van der Waals surface area contributed by atoms with E-state index in [0.29, 0.717) is 43.9 Å². The standard InChI is InChI=1S/C18H18FNOSe.C13H16FN3O2.C13H13FN2O.C12H14FNO.C12H12FNO.C6H11NO.C4H12Si.3CH4/c19-14-9-11-15(12-10-14)20-13-5-4-8-17(18(20)21)22-16-6-2-1-3-7-16;14-10-3-5-11(6-4-10)17-7-1-2-9(8-12(17)18)13(15)16-19;1-15-11-3-2-8-16(13(17)9-11)12-6-4-10(14)5-7-12;2*13-10-5-7-11(8-6-10)14-9-3-1-2-4-12(14)15;8-6-4-2-1-3-5-7-6;1-5(2,3)4;;;/h1-3,6-7,9-12,17H,4-5,8,13H2;3-6,9,19H,1-2,7-8H2,(H2,15,16);4-7,11H,2-3,8-9H2;5-8H,1-4,9H2;2,4-8H,1,3,9H2;1-5H2,(H,7,8);1-4H3;3*1H4. The maximum absolute atomic E-state index is 13.1. The van der Waals surface area contributed by atoms with E-state index in [4.69, 9.17) is 17.5 Å². The molecule has 0 aromatic heterocycles. The second-order valence-electron chi connectivity index (χ2n) is 26.6. The Hall–Kier alpha value is -8.97. The summed E-state index contributed by atoms with van der Waals surface area (Å²) >= 11 is 0.140. The molecule has 16 nitrogen and oxygen atoms in total. The first-order chi connectivity index (χ1) is 48.5. The molecule has 6 aromatic carbocycles. The van der Waals surface area contributed by atoms with Gasteiger partial charge in [-0.25, -0.2) is 24.1 Å².